The first kappa shape index (κ1) is 34.8. The van der Waals surface area contributed by atoms with Gasteiger partial charge in [0.15, 0.2) is 0 Å². The third-order valence-electron chi connectivity index (χ3n) is 10.5. The number of hydrogen-bond acceptors (Lipinski definition) is 4. The minimum Gasteiger partial charge on any atom is -0.748 e. The number of aromatic nitrogens is 4. The zero-order valence-electron chi connectivity index (χ0n) is 27.8. The van der Waals surface area contributed by atoms with Gasteiger partial charge in [-0.25, -0.2) is 11.3 Å². The Morgan fingerprint density at radius 1 is 0.822 bits per heavy atom. The molecule has 246 valence electrons. The van der Waals surface area contributed by atoms with Crippen molar-refractivity contribution in [3.63, 3.8) is 0 Å². The van der Waals surface area contributed by atoms with E-state index in [0.29, 0.717) is 5.16 Å². The topological polar surface area (TPSA) is 51.6 Å². The van der Waals surface area contributed by atoms with Crippen molar-refractivity contribution < 1.29 is 17.1 Å². The quantitative estimate of drug-likeness (QED) is 0.110. The first-order valence-electron chi connectivity index (χ1n) is 16.5. The number of nitrogens with zero attached hydrogens (tertiary/aromatic N) is 4. The van der Waals surface area contributed by atoms with Crippen molar-refractivity contribution in [2.45, 2.75) is 94.6 Å². The first-order valence-corrected chi connectivity index (χ1v) is 22.2. The van der Waals surface area contributed by atoms with Crippen LogP contribution in [0.15, 0.2) is 79.6 Å². The second kappa shape index (κ2) is 13.9. The third-order valence-corrected chi connectivity index (χ3v) is 17.4. The first-order chi connectivity index (χ1) is 20.9. The third kappa shape index (κ3) is 7.32. The van der Waals surface area contributed by atoms with Gasteiger partial charge in [-0.1, -0.05) is 46.6 Å². The van der Waals surface area contributed by atoms with Gasteiger partial charge in [-0.05, 0) is 66.6 Å². The Hall–Kier alpha value is -1.54. The van der Waals surface area contributed by atoms with Gasteiger partial charge < -0.3 is 30.3 Å². The van der Waals surface area contributed by atoms with Crippen LogP contribution in [0, 0.1) is 23.7 Å². The van der Waals surface area contributed by atoms with Crippen molar-refractivity contribution >= 4 is 30.4 Å². The molecule has 4 saturated carbocycles. The minimum atomic E-state index is -1.56. The molecule has 45 heavy (non-hydrogen) atoms. The van der Waals surface area contributed by atoms with Crippen molar-refractivity contribution in [3.8, 4) is 0 Å². The molecule has 4 aliphatic rings. The predicted octanol–water partition coefficient (Wildman–Crippen LogP) is 8.71. The van der Waals surface area contributed by atoms with Crippen LogP contribution in [0.1, 0.15) is 75.4 Å². The maximum atomic E-state index is 4.86. The molecule has 0 saturated heterocycles. The smallest absolute Gasteiger partial charge is 0.0769 e. The summed E-state index contributed by atoms with van der Waals surface area (Å²) in [6.45, 7) is 15.0. The molecule has 0 aliphatic heterocycles. The van der Waals surface area contributed by atoms with Gasteiger partial charge in [0.25, 0.3) is 0 Å². The van der Waals surface area contributed by atoms with Gasteiger partial charge in [-0.2, -0.15) is 6.07 Å². The Morgan fingerprint density at radius 3 is 1.71 bits per heavy atom. The molecule has 4 aliphatic carbocycles. The van der Waals surface area contributed by atoms with Crippen LogP contribution in [0.5, 0.6) is 0 Å². The molecule has 2 aromatic heterocycles. The van der Waals surface area contributed by atoms with E-state index in [-0.39, 0.29) is 25.0 Å². The van der Waals surface area contributed by atoms with Crippen molar-refractivity contribution in [2.75, 3.05) is 0 Å². The minimum absolute atomic E-state index is 0. The van der Waals surface area contributed by atoms with Crippen molar-refractivity contribution in [2.24, 2.45) is 23.7 Å². The van der Waals surface area contributed by atoms with E-state index < -0.39 is 13.2 Å². The molecule has 4 bridgehead atoms. The summed E-state index contributed by atoms with van der Waals surface area (Å²) in [5.74, 6) is 3.92. The van der Waals surface area contributed by atoms with Crippen LogP contribution in [0.2, 0.25) is 19.6 Å². The summed E-state index contributed by atoms with van der Waals surface area (Å²) in [6, 6.07) is 15.1. The molecule has 0 amide bonds. The summed E-state index contributed by atoms with van der Waals surface area (Å²) < 4.78 is 0. The maximum Gasteiger partial charge on any atom is 0.0769 e. The molecule has 8 rings (SSSR count). The van der Waals surface area contributed by atoms with Gasteiger partial charge >= 0.3 is 0 Å². The summed E-state index contributed by atoms with van der Waals surface area (Å²) >= 11 is 0. The second-order valence-electron chi connectivity index (χ2n) is 15.6. The summed E-state index contributed by atoms with van der Waals surface area (Å²) in [6.07, 6.45) is 19.6. The molecule has 2 atom stereocenters. The Kier molecular flexibility index (Phi) is 10.7. The van der Waals surface area contributed by atoms with E-state index in [1.165, 1.54) is 54.6 Å². The van der Waals surface area contributed by atoms with Gasteiger partial charge in [0.1, 0.15) is 0 Å². The molecule has 0 spiro atoms. The van der Waals surface area contributed by atoms with Gasteiger partial charge in [0, 0.05) is 62.3 Å². The van der Waals surface area contributed by atoms with E-state index in [1.807, 2.05) is 55.1 Å². The van der Waals surface area contributed by atoms with E-state index >= 15 is 0 Å². The molecule has 2 unspecified atom stereocenters. The number of hydrogen-bond donors (Lipinski definition) is 0. The summed E-state index contributed by atoms with van der Waals surface area (Å²) in [4.78, 5) is 18.7. The fraction of sp³-hybridized carbons (Fsp3) is 0.514. The molecular weight excluding hydrogens is 646 g/mol. The molecule has 2 aromatic carbocycles. The van der Waals surface area contributed by atoms with Crippen molar-refractivity contribution in [3.05, 3.63) is 102 Å². The Labute approximate surface area is 286 Å². The monoisotopic (exact) mass is 696 g/mol. The Balaban J connectivity index is 0.000000609. The van der Waals surface area contributed by atoms with E-state index in [1.54, 1.807) is 12.4 Å². The normalized spacial score (nSPS) is 24.8. The zero-order valence-corrected chi connectivity index (χ0v) is 32.0. The number of rotatable bonds is 7. The van der Waals surface area contributed by atoms with Crippen LogP contribution in [0.4, 0.5) is 0 Å². The van der Waals surface area contributed by atoms with E-state index in [4.69, 9.17) is 9.97 Å². The predicted molar refractivity (Wildman–Crippen MR) is 192 cm³/mol. The molecule has 0 radical (unpaired) electrons. The van der Waals surface area contributed by atoms with Gasteiger partial charge in [-0.3, -0.25) is 19.9 Å². The van der Waals surface area contributed by atoms with Crippen LogP contribution in [0.3, 0.4) is 0 Å². The summed E-state index contributed by atoms with van der Waals surface area (Å²) in [5.41, 5.74) is 5.58. The molecule has 2 heterocycles. The fourth-order valence-electron chi connectivity index (χ4n) is 8.60. The fourth-order valence-corrected chi connectivity index (χ4v) is 14.1. The summed E-state index contributed by atoms with van der Waals surface area (Å²) in [5, 5.41) is 1.26. The SMILES string of the molecule is CC(C)(C)P(C[c-]1cc([Si](C)(C)C)cc1C(P)(c1cnccn1)c1cnccn1)C1C2CC3CC(C2)CC1C3.[Fe].[cH-]1[cH-][cH-][cH-][cH-]1. The van der Waals surface area contributed by atoms with Crippen LogP contribution >= 0.6 is 17.2 Å². The van der Waals surface area contributed by atoms with Gasteiger partial charge in [0.2, 0.25) is 0 Å². The van der Waals surface area contributed by atoms with Crippen molar-refractivity contribution in [1.82, 2.24) is 19.9 Å². The average molecular weight is 697 g/mol. The van der Waals surface area contributed by atoms with Crippen LogP contribution in [-0.2, 0) is 28.4 Å². The molecule has 4 fully saturated rings. The zero-order chi connectivity index (χ0) is 31.1. The van der Waals surface area contributed by atoms with Crippen LogP contribution in [0.25, 0.3) is 0 Å². The molecule has 4 aromatic rings. The van der Waals surface area contributed by atoms with Crippen LogP contribution in [-0.4, -0.2) is 38.8 Å². The standard InChI is InChI=1S/C32H45N4P2Si.C5H5.Fe/c1-31(2,3)38(30-23-12-21-11-22(14-23)15-24(30)13-21)20-25-16-26(39(4,5)6)17-27(25)32(37,28-18-33-7-9-35-28)29-19-34-8-10-36-29;1-2-4-5-3-1;/h7-10,16-19,21-24,30H,11-15,20,37H2,1-6H3;1-5H;/q-1;-5;. The molecule has 8 heteroatoms. The largest absolute Gasteiger partial charge is 0.748 e. The van der Waals surface area contributed by atoms with Crippen LogP contribution < -0.4 is 5.19 Å². The van der Waals surface area contributed by atoms with Gasteiger partial charge in [0.05, 0.1) is 16.5 Å². The molecule has 0 N–H and O–H groups in total. The summed E-state index contributed by atoms with van der Waals surface area (Å²) in [7, 11) is 1.39. The average Bonchev–Trinajstić information content (AvgIpc) is 3.70. The van der Waals surface area contributed by atoms with E-state index in [9.17, 15) is 0 Å². The Bertz CT molecular complexity index is 1410. The maximum absolute atomic E-state index is 4.86. The van der Waals surface area contributed by atoms with E-state index in [2.05, 4.69) is 71.8 Å². The van der Waals surface area contributed by atoms with E-state index in [0.717, 1.165) is 40.7 Å². The molecular formula is C37H50FeN4P2Si-6. The van der Waals surface area contributed by atoms with Gasteiger partial charge in [-0.15, -0.1) is 28.3 Å². The second-order valence-corrected chi connectivity index (χ2v) is 24.7. The Morgan fingerprint density at radius 2 is 1.31 bits per heavy atom. The molecule has 4 nitrogen and oxygen atoms in total. The van der Waals surface area contributed by atoms with Crippen molar-refractivity contribution in [1.29, 1.82) is 0 Å².